The van der Waals surface area contributed by atoms with E-state index in [1.165, 1.54) is 6.92 Å². The number of nitrogens with zero attached hydrogens (tertiary/aromatic N) is 2. The summed E-state index contributed by atoms with van der Waals surface area (Å²) in [6.45, 7) is 1.41. The van der Waals surface area contributed by atoms with Crippen molar-refractivity contribution >= 4 is 27.1 Å². The number of hydrogen-bond acceptors (Lipinski definition) is 6. The molecule has 0 saturated heterocycles. The molecule has 0 saturated carbocycles. The highest BCUT2D eigenvalue weighted by Gasteiger charge is 2.26. The van der Waals surface area contributed by atoms with Gasteiger partial charge in [-0.15, -0.1) is 0 Å². The lowest BCUT2D eigenvalue weighted by Crippen LogP contribution is -2.11. The number of nitrogens with one attached hydrogen (secondary N) is 1. The Morgan fingerprint density at radius 3 is 1.94 bits per heavy atom. The summed E-state index contributed by atoms with van der Waals surface area (Å²) < 4.78 is 24.1. The highest BCUT2D eigenvalue weighted by atomic mass is 32.2. The van der Waals surface area contributed by atoms with E-state index in [0.29, 0.717) is 0 Å². The Hall–Kier alpha value is -2.23. The number of nitro benzene ring substituents is 2. The van der Waals surface area contributed by atoms with E-state index in [2.05, 4.69) is 4.72 Å². The number of anilines is 1. The number of benzene rings is 1. The Labute approximate surface area is 102 Å². The van der Waals surface area contributed by atoms with Crippen molar-refractivity contribution in [2.45, 2.75) is 6.92 Å². The molecule has 0 aliphatic carbocycles. The third-order valence-electron chi connectivity index (χ3n) is 2.01. The topological polar surface area (TPSA) is 132 Å². The quantitative estimate of drug-likeness (QED) is 0.648. The zero-order valence-electron chi connectivity index (χ0n) is 9.41. The van der Waals surface area contributed by atoms with Gasteiger partial charge in [-0.1, -0.05) is 0 Å². The lowest BCUT2D eigenvalue weighted by atomic mass is 10.1. The van der Waals surface area contributed by atoms with Gasteiger partial charge in [0.05, 0.1) is 21.8 Å². The van der Waals surface area contributed by atoms with Gasteiger partial charge in [-0.05, 0) is 12.5 Å². The van der Waals surface area contributed by atoms with Crippen LogP contribution in [0.4, 0.5) is 17.1 Å². The van der Waals surface area contributed by atoms with E-state index in [1.54, 1.807) is 0 Å². The van der Waals surface area contributed by atoms with Crippen LogP contribution >= 0.6 is 0 Å². The van der Waals surface area contributed by atoms with E-state index in [9.17, 15) is 28.6 Å². The molecule has 0 spiro atoms. The van der Waals surface area contributed by atoms with E-state index in [-0.39, 0.29) is 11.3 Å². The van der Waals surface area contributed by atoms with Crippen molar-refractivity contribution in [1.29, 1.82) is 0 Å². The van der Waals surface area contributed by atoms with E-state index in [1.807, 2.05) is 0 Å². The van der Waals surface area contributed by atoms with Crippen LogP contribution in [0.15, 0.2) is 12.1 Å². The van der Waals surface area contributed by atoms with Gasteiger partial charge >= 0.3 is 11.4 Å². The van der Waals surface area contributed by atoms with Crippen LogP contribution in [0, 0.1) is 27.2 Å². The molecule has 10 heteroatoms. The monoisotopic (exact) mass is 275 g/mol. The van der Waals surface area contributed by atoms with E-state index in [4.69, 9.17) is 0 Å². The van der Waals surface area contributed by atoms with Crippen molar-refractivity contribution in [3.05, 3.63) is 37.9 Å². The Balaban J connectivity index is 3.46. The summed E-state index contributed by atoms with van der Waals surface area (Å²) >= 11 is 0. The Kier molecular flexibility index (Phi) is 3.51. The first-order valence-electron chi connectivity index (χ1n) is 4.53. The molecule has 0 amide bonds. The summed E-state index contributed by atoms with van der Waals surface area (Å²) in [4.78, 5) is 19.5. The smallest absolute Gasteiger partial charge is 0.283 e. The number of sulfonamides is 1. The van der Waals surface area contributed by atoms with Gasteiger partial charge in [-0.25, -0.2) is 8.42 Å². The molecule has 0 aliphatic rings. The molecule has 0 unspecified atom stereocenters. The summed E-state index contributed by atoms with van der Waals surface area (Å²) in [5.74, 6) is 0. The van der Waals surface area contributed by atoms with Crippen molar-refractivity contribution in [3.8, 4) is 0 Å². The van der Waals surface area contributed by atoms with Crippen LogP contribution in [0.5, 0.6) is 0 Å². The van der Waals surface area contributed by atoms with Gasteiger partial charge in [-0.2, -0.15) is 0 Å². The molecular formula is C8H9N3O6S. The Morgan fingerprint density at radius 1 is 1.11 bits per heavy atom. The van der Waals surface area contributed by atoms with E-state index < -0.39 is 31.2 Å². The molecule has 0 bridgehead atoms. The SMILES string of the molecule is Cc1cc([N+](=O)[O-])c([N+](=O)[O-])cc1NS(C)(=O)=O. The second-order valence-electron chi connectivity index (χ2n) is 3.54. The molecule has 0 atom stereocenters. The normalized spacial score (nSPS) is 11.0. The zero-order valence-corrected chi connectivity index (χ0v) is 10.2. The summed E-state index contributed by atoms with van der Waals surface area (Å²) in [6, 6.07) is 1.78. The van der Waals surface area contributed by atoms with Gasteiger partial charge in [0.25, 0.3) is 0 Å². The van der Waals surface area contributed by atoms with Crippen molar-refractivity contribution in [3.63, 3.8) is 0 Å². The molecule has 0 fully saturated rings. The van der Waals surface area contributed by atoms with Crippen LogP contribution < -0.4 is 4.72 Å². The van der Waals surface area contributed by atoms with E-state index >= 15 is 0 Å². The van der Waals surface area contributed by atoms with Crippen LogP contribution in [0.25, 0.3) is 0 Å². The molecule has 1 aromatic carbocycles. The minimum absolute atomic E-state index is 0.0604. The van der Waals surface area contributed by atoms with Gasteiger partial charge in [0.2, 0.25) is 10.0 Å². The lowest BCUT2D eigenvalue weighted by Gasteiger charge is -2.07. The molecule has 0 aliphatic heterocycles. The average molecular weight is 275 g/mol. The molecule has 18 heavy (non-hydrogen) atoms. The standard InChI is InChI=1S/C8H9N3O6S/c1-5-3-7(10(12)13)8(11(14)15)4-6(5)9-18(2,16)17/h3-4,9H,1-2H3. The van der Waals surface area contributed by atoms with Crippen LogP contribution in [0.3, 0.4) is 0 Å². The largest absolute Gasteiger partial charge is 0.348 e. The van der Waals surface area contributed by atoms with Crippen molar-refractivity contribution in [2.75, 3.05) is 11.0 Å². The summed E-state index contributed by atoms with van der Waals surface area (Å²) in [5, 5.41) is 21.3. The zero-order chi connectivity index (χ0) is 14.1. The van der Waals surface area contributed by atoms with Crippen molar-refractivity contribution in [2.24, 2.45) is 0 Å². The first-order chi connectivity index (χ1) is 8.11. The van der Waals surface area contributed by atoms with Gasteiger partial charge in [0, 0.05) is 12.1 Å². The molecule has 1 rings (SSSR count). The maximum Gasteiger partial charge on any atom is 0.348 e. The molecule has 0 heterocycles. The lowest BCUT2D eigenvalue weighted by molar-refractivity contribution is -0.422. The minimum Gasteiger partial charge on any atom is -0.283 e. The van der Waals surface area contributed by atoms with Gasteiger partial charge < -0.3 is 0 Å². The highest BCUT2D eigenvalue weighted by Crippen LogP contribution is 2.32. The Morgan fingerprint density at radius 2 is 1.56 bits per heavy atom. The molecular weight excluding hydrogens is 266 g/mol. The van der Waals surface area contributed by atoms with Crippen LogP contribution in [0.2, 0.25) is 0 Å². The molecule has 9 nitrogen and oxygen atoms in total. The fourth-order valence-electron chi connectivity index (χ4n) is 1.28. The first-order valence-corrected chi connectivity index (χ1v) is 6.42. The predicted molar refractivity (Wildman–Crippen MR) is 63.0 cm³/mol. The van der Waals surface area contributed by atoms with Crippen molar-refractivity contribution < 1.29 is 18.3 Å². The van der Waals surface area contributed by atoms with Gasteiger partial charge in [0.15, 0.2) is 0 Å². The first kappa shape index (κ1) is 13.8. The Bertz CT molecular complexity index is 624. The van der Waals surface area contributed by atoms with Crippen molar-refractivity contribution in [1.82, 2.24) is 0 Å². The summed E-state index contributed by atoms with van der Waals surface area (Å²) in [5.41, 5.74) is -1.29. The highest BCUT2D eigenvalue weighted by molar-refractivity contribution is 7.92. The minimum atomic E-state index is -3.62. The maximum absolute atomic E-state index is 11.0. The fourth-order valence-corrected chi connectivity index (χ4v) is 1.90. The second-order valence-corrected chi connectivity index (χ2v) is 5.29. The molecule has 1 aromatic rings. The fraction of sp³-hybridized carbons (Fsp3) is 0.250. The number of rotatable bonds is 4. The predicted octanol–water partition coefficient (Wildman–Crippen LogP) is 1.18. The maximum atomic E-state index is 11.0. The molecule has 1 N–H and O–H groups in total. The number of hydrogen-bond donors (Lipinski definition) is 1. The number of aryl methyl sites for hydroxylation is 1. The summed E-state index contributed by atoms with van der Waals surface area (Å²) in [6.07, 6.45) is 0.875. The second kappa shape index (κ2) is 4.56. The number of nitro groups is 2. The summed E-state index contributed by atoms with van der Waals surface area (Å²) in [7, 11) is -3.62. The third-order valence-corrected chi connectivity index (χ3v) is 2.60. The molecule has 0 aromatic heterocycles. The molecule has 98 valence electrons. The third kappa shape index (κ3) is 3.13. The van der Waals surface area contributed by atoms with Gasteiger partial charge in [0.1, 0.15) is 0 Å². The van der Waals surface area contributed by atoms with Crippen LogP contribution in [0.1, 0.15) is 5.56 Å². The van der Waals surface area contributed by atoms with E-state index in [0.717, 1.165) is 18.4 Å². The van der Waals surface area contributed by atoms with Crippen LogP contribution in [-0.4, -0.2) is 24.5 Å². The van der Waals surface area contributed by atoms with Gasteiger partial charge in [-0.3, -0.25) is 25.0 Å². The van der Waals surface area contributed by atoms with Crippen LogP contribution in [-0.2, 0) is 10.0 Å². The molecule has 0 radical (unpaired) electrons. The average Bonchev–Trinajstić information content (AvgIpc) is 2.17.